The molecule has 0 saturated carbocycles. The number of nitrogens with one attached hydrogen (secondary N) is 1. The van der Waals surface area contributed by atoms with Crippen LogP contribution in [0.15, 0.2) is 17.5 Å². The Bertz CT molecular complexity index is 372. The van der Waals surface area contributed by atoms with Gasteiger partial charge in [0.15, 0.2) is 0 Å². The Kier molecular flexibility index (Phi) is 6.02. The zero-order valence-electron chi connectivity index (χ0n) is 13.0. The molecule has 1 saturated heterocycles. The van der Waals surface area contributed by atoms with Crippen LogP contribution in [0, 0.1) is 5.41 Å². The van der Waals surface area contributed by atoms with Gasteiger partial charge in [-0.05, 0) is 36.8 Å². The first-order valence-electron chi connectivity index (χ1n) is 7.62. The van der Waals surface area contributed by atoms with Crippen LogP contribution >= 0.6 is 11.3 Å². The van der Waals surface area contributed by atoms with Gasteiger partial charge in [0.1, 0.15) is 0 Å². The average molecular weight is 296 g/mol. The first-order chi connectivity index (χ1) is 9.60. The predicted octanol–water partition coefficient (Wildman–Crippen LogP) is 2.97. The lowest BCUT2D eigenvalue weighted by Gasteiger charge is -2.40. The van der Waals surface area contributed by atoms with E-state index in [1.165, 1.54) is 17.7 Å². The second-order valence-electron chi connectivity index (χ2n) is 6.40. The van der Waals surface area contributed by atoms with Gasteiger partial charge >= 0.3 is 0 Å². The van der Waals surface area contributed by atoms with E-state index in [0.717, 1.165) is 32.8 Å². The van der Waals surface area contributed by atoms with Gasteiger partial charge in [0.25, 0.3) is 0 Å². The van der Waals surface area contributed by atoms with E-state index in [-0.39, 0.29) is 0 Å². The highest BCUT2D eigenvalue weighted by atomic mass is 32.1. The summed E-state index contributed by atoms with van der Waals surface area (Å²) in [5.41, 5.74) is 0.370. The van der Waals surface area contributed by atoms with Crippen molar-refractivity contribution in [3.63, 3.8) is 0 Å². The number of hydrogen-bond donors (Lipinski definition) is 1. The van der Waals surface area contributed by atoms with Crippen molar-refractivity contribution in [1.82, 2.24) is 10.2 Å². The number of nitrogens with zero attached hydrogens (tertiary/aromatic N) is 1. The van der Waals surface area contributed by atoms with Crippen LogP contribution in [0.3, 0.4) is 0 Å². The smallest absolute Gasteiger partial charge is 0.0472 e. The molecule has 1 aliphatic rings. The highest BCUT2D eigenvalue weighted by Crippen LogP contribution is 2.31. The summed E-state index contributed by atoms with van der Waals surface area (Å²) in [6, 6.07) is 4.92. The van der Waals surface area contributed by atoms with E-state index < -0.39 is 0 Å². The van der Waals surface area contributed by atoms with Crippen molar-refractivity contribution < 1.29 is 4.74 Å². The summed E-state index contributed by atoms with van der Waals surface area (Å²) in [6.07, 6.45) is 2.34. The van der Waals surface area contributed by atoms with Gasteiger partial charge < -0.3 is 15.0 Å². The SMILES string of the molecule is CC(C)NCC1(CN(C)Cc2cccs2)CCOCC1. The molecular weight excluding hydrogens is 268 g/mol. The lowest BCUT2D eigenvalue weighted by Crippen LogP contribution is -2.47. The third kappa shape index (κ3) is 4.85. The minimum Gasteiger partial charge on any atom is -0.381 e. The first kappa shape index (κ1) is 16.0. The highest BCUT2D eigenvalue weighted by Gasteiger charge is 2.33. The molecule has 2 heterocycles. The molecule has 1 fully saturated rings. The number of ether oxygens (including phenoxy) is 1. The molecule has 0 radical (unpaired) electrons. The quantitative estimate of drug-likeness (QED) is 0.837. The fourth-order valence-corrected chi connectivity index (χ4v) is 3.70. The van der Waals surface area contributed by atoms with E-state index in [4.69, 9.17) is 4.74 Å². The highest BCUT2D eigenvalue weighted by molar-refractivity contribution is 7.09. The van der Waals surface area contributed by atoms with Crippen LogP contribution < -0.4 is 5.32 Å². The largest absolute Gasteiger partial charge is 0.381 e. The summed E-state index contributed by atoms with van der Waals surface area (Å²) >= 11 is 1.85. The molecule has 0 amide bonds. The van der Waals surface area contributed by atoms with Gasteiger partial charge in [-0.1, -0.05) is 19.9 Å². The van der Waals surface area contributed by atoms with Crippen LogP contribution in [0.5, 0.6) is 0 Å². The van der Waals surface area contributed by atoms with E-state index in [1.807, 2.05) is 11.3 Å². The molecule has 0 spiro atoms. The molecule has 0 bridgehead atoms. The molecule has 2 rings (SSSR count). The zero-order valence-corrected chi connectivity index (χ0v) is 13.8. The first-order valence-corrected chi connectivity index (χ1v) is 8.50. The van der Waals surface area contributed by atoms with E-state index >= 15 is 0 Å². The molecule has 1 aromatic heterocycles. The van der Waals surface area contributed by atoms with Crippen LogP contribution in [0.25, 0.3) is 0 Å². The van der Waals surface area contributed by atoms with Crippen molar-refractivity contribution >= 4 is 11.3 Å². The number of thiophene rings is 1. The summed E-state index contributed by atoms with van der Waals surface area (Å²) in [5, 5.41) is 5.80. The van der Waals surface area contributed by atoms with Crippen LogP contribution in [-0.2, 0) is 11.3 Å². The van der Waals surface area contributed by atoms with Gasteiger partial charge in [-0.25, -0.2) is 0 Å². The number of rotatable bonds is 7. The fraction of sp³-hybridized carbons (Fsp3) is 0.750. The van der Waals surface area contributed by atoms with Crippen molar-refractivity contribution in [3.05, 3.63) is 22.4 Å². The number of hydrogen-bond acceptors (Lipinski definition) is 4. The molecule has 20 heavy (non-hydrogen) atoms. The Balaban J connectivity index is 1.92. The molecule has 0 aliphatic carbocycles. The molecular formula is C16H28N2OS. The summed E-state index contributed by atoms with van der Waals surface area (Å²) in [5.74, 6) is 0. The normalized spacial score (nSPS) is 18.9. The summed E-state index contributed by atoms with van der Waals surface area (Å²) in [7, 11) is 2.24. The zero-order chi connectivity index (χ0) is 14.4. The molecule has 0 unspecified atom stereocenters. The summed E-state index contributed by atoms with van der Waals surface area (Å²) < 4.78 is 5.57. The summed E-state index contributed by atoms with van der Waals surface area (Å²) in [6.45, 7) is 9.57. The summed E-state index contributed by atoms with van der Waals surface area (Å²) in [4.78, 5) is 3.92. The lowest BCUT2D eigenvalue weighted by molar-refractivity contribution is -0.00236. The van der Waals surface area contributed by atoms with Crippen LogP contribution in [-0.4, -0.2) is 44.3 Å². The van der Waals surface area contributed by atoms with Crippen LogP contribution in [0.2, 0.25) is 0 Å². The maximum absolute atomic E-state index is 5.57. The van der Waals surface area contributed by atoms with E-state index in [2.05, 4.69) is 48.6 Å². The Morgan fingerprint density at radius 1 is 1.40 bits per heavy atom. The van der Waals surface area contributed by atoms with Gasteiger partial charge in [-0.2, -0.15) is 0 Å². The minimum atomic E-state index is 0.370. The Morgan fingerprint density at radius 2 is 2.15 bits per heavy atom. The molecule has 3 nitrogen and oxygen atoms in total. The van der Waals surface area contributed by atoms with Crippen molar-refractivity contribution in [2.45, 2.75) is 39.3 Å². The molecule has 0 atom stereocenters. The second-order valence-corrected chi connectivity index (χ2v) is 7.43. The standard InChI is InChI=1S/C16H28N2OS/c1-14(2)17-12-16(6-8-19-9-7-16)13-18(3)11-15-5-4-10-20-15/h4-5,10,14,17H,6-9,11-13H2,1-3H3. The van der Waals surface area contributed by atoms with Gasteiger partial charge in [-0.3, -0.25) is 0 Å². The second kappa shape index (κ2) is 7.55. The molecule has 1 aromatic rings. The lowest BCUT2D eigenvalue weighted by atomic mass is 9.79. The van der Waals surface area contributed by atoms with Crippen LogP contribution in [0.4, 0.5) is 0 Å². The van der Waals surface area contributed by atoms with E-state index in [1.54, 1.807) is 0 Å². The maximum Gasteiger partial charge on any atom is 0.0472 e. The van der Waals surface area contributed by atoms with Crippen molar-refractivity contribution in [3.8, 4) is 0 Å². The predicted molar refractivity (Wildman–Crippen MR) is 86.3 cm³/mol. The van der Waals surface area contributed by atoms with Gasteiger partial charge in [0, 0.05) is 43.8 Å². The molecule has 1 N–H and O–H groups in total. The Labute approximate surface area is 127 Å². The van der Waals surface area contributed by atoms with Crippen molar-refractivity contribution in [2.24, 2.45) is 5.41 Å². The third-order valence-corrected chi connectivity index (χ3v) is 4.91. The average Bonchev–Trinajstić information content (AvgIpc) is 2.90. The Hall–Kier alpha value is -0.420. The van der Waals surface area contributed by atoms with Gasteiger partial charge in [0.05, 0.1) is 0 Å². The molecule has 4 heteroatoms. The van der Waals surface area contributed by atoms with Crippen molar-refractivity contribution in [1.29, 1.82) is 0 Å². The topological polar surface area (TPSA) is 24.5 Å². The van der Waals surface area contributed by atoms with Crippen LogP contribution in [0.1, 0.15) is 31.6 Å². The molecule has 0 aromatic carbocycles. The van der Waals surface area contributed by atoms with E-state index in [9.17, 15) is 0 Å². The molecule has 114 valence electrons. The van der Waals surface area contributed by atoms with Gasteiger partial charge in [0.2, 0.25) is 0 Å². The minimum absolute atomic E-state index is 0.370. The van der Waals surface area contributed by atoms with Crippen molar-refractivity contribution in [2.75, 3.05) is 33.4 Å². The van der Waals surface area contributed by atoms with Gasteiger partial charge in [-0.15, -0.1) is 11.3 Å². The maximum atomic E-state index is 5.57. The molecule has 1 aliphatic heterocycles. The van der Waals surface area contributed by atoms with E-state index in [0.29, 0.717) is 11.5 Å². The fourth-order valence-electron chi connectivity index (χ4n) is 2.91. The Morgan fingerprint density at radius 3 is 2.75 bits per heavy atom. The monoisotopic (exact) mass is 296 g/mol. The third-order valence-electron chi connectivity index (χ3n) is 4.05.